The average Bonchev–Trinajstić information content (AvgIpc) is 3.03. The topological polar surface area (TPSA) is 73.3 Å². The molecule has 8 heteroatoms. The molecule has 1 aliphatic rings. The number of rotatable bonds is 5. The quantitative estimate of drug-likeness (QED) is 0.533. The van der Waals surface area contributed by atoms with E-state index in [0.717, 1.165) is 27.0 Å². The number of anilines is 1. The zero-order valence-corrected chi connectivity index (χ0v) is 20.1. The summed E-state index contributed by atoms with van der Waals surface area (Å²) in [7, 11) is 1.62. The normalized spacial score (nSPS) is 16.6. The van der Waals surface area contributed by atoms with Gasteiger partial charge in [0.25, 0.3) is 0 Å². The Bertz CT molecular complexity index is 1030. The molecule has 1 atom stereocenters. The van der Waals surface area contributed by atoms with E-state index in [9.17, 15) is 4.79 Å². The molecule has 0 bridgehead atoms. The van der Waals surface area contributed by atoms with Gasteiger partial charge >= 0.3 is 173 Å². The number of hydrogen-bond donors (Lipinski definition) is 1. The van der Waals surface area contributed by atoms with Gasteiger partial charge in [0, 0.05) is 0 Å². The van der Waals surface area contributed by atoms with E-state index in [1.807, 2.05) is 18.2 Å². The molecule has 1 aliphatic heterocycles. The van der Waals surface area contributed by atoms with Crippen molar-refractivity contribution in [1.82, 2.24) is 9.97 Å². The Morgan fingerprint density at radius 2 is 1.96 bits per heavy atom. The summed E-state index contributed by atoms with van der Waals surface area (Å²) in [4.78, 5) is 29.1. The summed E-state index contributed by atoms with van der Waals surface area (Å²) in [6, 6.07) is 9.13. The van der Waals surface area contributed by atoms with Crippen LogP contribution in [0.5, 0.6) is 5.88 Å². The summed E-state index contributed by atoms with van der Waals surface area (Å²) < 4.78 is 13.6. The van der Waals surface area contributed by atoms with Crippen LogP contribution in [-0.4, -0.2) is 48.0 Å². The summed E-state index contributed by atoms with van der Waals surface area (Å²) in [5.74, 6) is 0.347. The van der Waals surface area contributed by atoms with E-state index in [0.29, 0.717) is 22.1 Å². The van der Waals surface area contributed by atoms with Crippen LogP contribution in [0.15, 0.2) is 30.3 Å². The van der Waals surface area contributed by atoms with Crippen LogP contribution in [0.1, 0.15) is 28.4 Å². The molecule has 1 fully saturated rings. The number of ether oxygens (including phenoxy) is 2. The maximum atomic E-state index is 12.6. The molecule has 4 rings (SSSR count). The number of thiazole rings is 1. The summed E-state index contributed by atoms with van der Waals surface area (Å²) >= 11 is -1.07. The third kappa shape index (κ3) is 3.62. The molecule has 0 saturated carbocycles. The number of amides is 1. The Balaban J connectivity index is 1.82. The van der Waals surface area contributed by atoms with Crippen molar-refractivity contribution in [2.24, 2.45) is 0 Å². The van der Waals surface area contributed by atoms with Crippen molar-refractivity contribution in [1.29, 1.82) is 0 Å². The van der Waals surface area contributed by atoms with Gasteiger partial charge in [-0.05, 0) is 0 Å². The number of pyridine rings is 1. The second-order valence-corrected chi connectivity index (χ2v) is 23.0. The third-order valence-electron chi connectivity index (χ3n) is 4.72. The first-order valence-electron chi connectivity index (χ1n) is 9.25. The molecule has 6 nitrogen and oxygen atoms in total. The van der Waals surface area contributed by atoms with E-state index < -0.39 is 18.4 Å². The molecule has 0 radical (unpaired) electrons. The molecule has 1 N–H and O–H groups in total. The van der Waals surface area contributed by atoms with Crippen LogP contribution in [0.2, 0.25) is 14.8 Å². The Kier molecular flexibility index (Phi) is 5.32. The Morgan fingerprint density at radius 1 is 1.25 bits per heavy atom. The fraction of sp³-hybridized carbons (Fsp3) is 0.350. The van der Waals surface area contributed by atoms with Crippen LogP contribution >= 0.6 is 11.3 Å². The van der Waals surface area contributed by atoms with E-state index in [1.54, 1.807) is 19.2 Å². The molecule has 2 aromatic heterocycles. The monoisotopic (exact) mass is 505 g/mol. The van der Waals surface area contributed by atoms with Gasteiger partial charge in [-0.2, -0.15) is 0 Å². The Labute approximate surface area is 172 Å². The number of carbonyl (C=O) groups is 1. The number of methoxy groups -OCH3 is 1. The van der Waals surface area contributed by atoms with Crippen LogP contribution in [-0.2, 0) is 4.74 Å². The van der Waals surface area contributed by atoms with Crippen molar-refractivity contribution in [2.45, 2.75) is 27.3 Å². The number of fused-ring (bicyclic) bond motifs is 1. The zero-order valence-electron chi connectivity index (χ0n) is 16.4. The van der Waals surface area contributed by atoms with Crippen LogP contribution in [0.3, 0.4) is 0 Å². The summed E-state index contributed by atoms with van der Waals surface area (Å²) in [6.07, 6.45) is 1.05. The van der Waals surface area contributed by atoms with Crippen molar-refractivity contribution in [3.05, 3.63) is 41.5 Å². The SMILES string of the molecule is COc1n[c]([Sn]([CH3])([CH3])[CH3])c(C2CCO2)c2sc(NC(=O)c3ccccc3)nc12. The van der Waals surface area contributed by atoms with Gasteiger partial charge in [-0.15, -0.1) is 0 Å². The molecule has 1 unspecified atom stereocenters. The van der Waals surface area contributed by atoms with Gasteiger partial charge in [0.2, 0.25) is 0 Å². The van der Waals surface area contributed by atoms with Crippen molar-refractivity contribution >= 4 is 54.7 Å². The van der Waals surface area contributed by atoms with Gasteiger partial charge in [0.15, 0.2) is 0 Å². The molecule has 28 heavy (non-hydrogen) atoms. The zero-order chi connectivity index (χ0) is 19.9. The van der Waals surface area contributed by atoms with E-state index in [2.05, 4.69) is 25.1 Å². The van der Waals surface area contributed by atoms with E-state index in [-0.39, 0.29) is 12.0 Å². The molecule has 0 spiro atoms. The van der Waals surface area contributed by atoms with E-state index >= 15 is 0 Å². The van der Waals surface area contributed by atoms with E-state index in [4.69, 9.17) is 14.5 Å². The van der Waals surface area contributed by atoms with Crippen molar-refractivity contribution < 1.29 is 14.3 Å². The van der Waals surface area contributed by atoms with Crippen molar-refractivity contribution in [3.8, 4) is 5.88 Å². The number of benzene rings is 1. The van der Waals surface area contributed by atoms with Crippen LogP contribution < -0.4 is 13.8 Å². The fourth-order valence-corrected chi connectivity index (χ4v) is 8.93. The molecule has 0 aliphatic carbocycles. The molecular formula is C20H23N3O3SSn. The van der Waals surface area contributed by atoms with Crippen LogP contribution in [0, 0.1) is 0 Å². The predicted octanol–water partition coefficient (Wildman–Crippen LogP) is 3.96. The van der Waals surface area contributed by atoms with Crippen molar-refractivity contribution in [2.75, 3.05) is 19.0 Å². The molecule has 3 heterocycles. The van der Waals surface area contributed by atoms with Gasteiger partial charge in [-0.1, -0.05) is 0 Å². The number of nitrogens with zero attached hydrogens (tertiary/aromatic N) is 2. The summed E-state index contributed by atoms with van der Waals surface area (Å²) in [6.45, 7) is 0.772. The summed E-state index contributed by atoms with van der Waals surface area (Å²) in [5.41, 5.74) is 2.45. The number of hydrogen-bond acceptors (Lipinski definition) is 6. The number of aromatic nitrogens is 2. The molecule has 3 aromatic rings. The van der Waals surface area contributed by atoms with Gasteiger partial charge in [0.05, 0.1) is 0 Å². The molecule has 1 aromatic carbocycles. The predicted molar refractivity (Wildman–Crippen MR) is 115 cm³/mol. The number of nitrogens with one attached hydrogen (secondary N) is 1. The maximum absolute atomic E-state index is 12.6. The van der Waals surface area contributed by atoms with Crippen LogP contribution in [0.25, 0.3) is 10.2 Å². The van der Waals surface area contributed by atoms with Gasteiger partial charge in [0.1, 0.15) is 0 Å². The standard InChI is InChI=1S/C17H14N3O3S.3CH3.Sn/c1-22-16-13-14(11(9-18-16)12-7-8-23-12)24-17(19-13)20-15(21)10-5-3-2-4-6-10;;;;/h2-6,12H,7-8H2,1H3,(H,19,20,21);3*1H3;. The minimum absolute atomic E-state index is 0.0601. The molecule has 146 valence electrons. The number of carbonyl (C=O) groups excluding carboxylic acids is 1. The molecular weight excluding hydrogens is 481 g/mol. The first kappa shape index (κ1) is 19.6. The molecule has 1 amide bonds. The van der Waals surface area contributed by atoms with Gasteiger partial charge in [-0.3, -0.25) is 0 Å². The summed E-state index contributed by atoms with van der Waals surface area (Å²) in [5, 5.41) is 3.47. The third-order valence-corrected chi connectivity index (χ3v) is 10.9. The van der Waals surface area contributed by atoms with Crippen molar-refractivity contribution in [3.63, 3.8) is 0 Å². The van der Waals surface area contributed by atoms with Gasteiger partial charge in [-0.25, -0.2) is 0 Å². The average molecular weight is 504 g/mol. The molecule has 1 saturated heterocycles. The Morgan fingerprint density at radius 3 is 2.54 bits per heavy atom. The Hall–Kier alpha value is -1.71. The van der Waals surface area contributed by atoms with Crippen LogP contribution in [0.4, 0.5) is 5.13 Å². The first-order valence-corrected chi connectivity index (χ1v) is 20.1. The first-order chi connectivity index (χ1) is 13.4. The minimum atomic E-state index is -2.55. The fourth-order valence-electron chi connectivity index (χ4n) is 3.26. The second-order valence-electron chi connectivity index (χ2n) is 7.80. The van der Waals surface area contributed by atoms with Gasteiger partial charge < -0.3 is 0 Å². The van der Waals surface area contributed by atoms with E-state index in [1.165, 1.54) is 11.3 Å². The second kappa shape index (κ2) is 7.61.